The van der Waals surface area contributed by atoms with Crippen LogP contribution in [0.25, 0.3) is 0 Å². The average Bonchev–Trinajstić information content (AvgIpc) is 2.87. The summed E-state index contributed by atoms with van der Waals surface area (Å²) in [6.45, 7) is 10.5. The summed E-state index contributed by atoms with van der Waals surface area (Å²) in [5, 5.41) is 18.3. The lowest BCUT2D eigenvalue weighted by Gasteiger charge is -2.27. The van der Waals surface area contributed by atoms with E-state index < -0.39 is 35.6 Å². The van der Waals surface area contributed by atoms with Crippen molar-refractivity contribution < 1.29 is 48.3 Å². The number of carboxylic acids is 2. The van der Waals surface area contributed by atoms with Gasteiger partial charge in [0, 0.05) is 38.0 Å². The van der Waals surface area contributed by atoms with Crippen molar-refractivity contribution in [3.8, 4) is 0 Å². The van der Waals surface area contributed by atoms with Gasteiger partial charge in [0.25, 0.3) is 0 Å². The minimum atomic E-state index is -0.925. The molecule has 0 radical (unpaired) electrons. The Hall–Kier alpha value is -2.28. The zero-order valence-electron chi connectivity index (χ0n) is 23.3. The first-order valence-electron chi connectivity index (χ1n) is 13.4. The van der Waals surface area contributed by atoms with Crippen LogP contribution in [-0.4, -0.2) is 123 Å². The van der Waals surface area contributed by atoms with Crippen LogP contribution in [-0.2, 0) is 38.1 Å². The van der Waals surface area contributed by atoms with E-state index in [0.717, 1.165) is 0 Å². The van der Waals surface area contributed by atoms with Gasteiger partial charge in [-0.25, -0.2) is 0 Å². The molecule has 1 fully saturated rings. The van der Waals surface area contributed by atoms with Crippen molar-refractivity contribution in [1.82, 2.24) is 9.80 Å². The molecule has 2 N–H and O–H groups in total. The normalized spacial score (nSPS) is 20.8. The number of hydrogen-bond donors (Lipinski definition) is 2. The number of amides is 2. The van der Waals surface area contributed by atoms with Gasteiger partial charge in [-0.15, -0.1) is 0 Å². The second-order valence-electron chi connectivity index (χ2n) is 9.85. The molecule has 38 heavy (non-hydrogen) atoms. The predicted molar refractivity (Wildman–Crippen MR) is 138 cm³/mol. The Bertz CT molecular complexity index is 655. The van der Waals surface area contributed by atoms with E-state index in [2.05, 4.69) is 0 Å². The Kier molecular flexibility index (Phi) is 16.8. The minimum Gasteiger partial charge on any atom is -0.481 e. The van der Waals surface area contributed by atoms with Gasteiger partial charge in [0.05, 0.1) is 64.7 Å². The molecule has 0 spiro atoms. The van der Waals surface area contributed by atoms with Crippen molar-refractivity contribution in [2.75, 3.05) is 79.0 Å². The Balaban J connectivity index is 2.63. The van der Waals surface area contributed by atoms with E-state index in [4.69, 9.17) is 29.2 Å². The van der Waals surface area contributed by atoms with Gasteiger partial charge in [0.2, 0.25) is 11.8 Å². The molecule has 1 saturated heterocycles. The van der Waals surface area contributed by atoms with E-state index in [0.29, 0.717) is 79.0 Å². The number of carbonyl (C=O) groups excluding carboxylic acids is 2. The average molecular weight is 547 g/mol. The van der Waals surface area contributed by atoms with Crippen LogP contribution < -0.4 is 0 Å². The first kappa shape index (κ1) is 33.7. The topological polar surface area (TPSA) is 152 Å². The SMILES string of the molecule is C[C@H](C[C@@H](C)C(=O)N1CCOCCOCCN(C(=O)[C@@H](C)C[C@@H](C)C(=O)O)CCOCCOCC1)C(=O)O. The van der Waals surface area contributed by atoms with Gasteiger partial charge in [-0.1, -0.05) is 27.7 Å². The summed E-state index contributed by atoms with van der Waals surface area (Å²) in [6.07, 6.45) is 0.510. The fourth-order valence-corrected chi connectivity index (χ4v) is 4.09. The molecule has 1 aliphatic rings. The lowest BCUT2D eigenvalue weighted by Crippen LogP contribution is -2.41. The van der Waals surface area contributed by atoms with Crippen LogP contribution >= 0.6 is 0 Å². The third-order valence-electron chi connectivity index (χ3n) is 6.49. The van der Waals surface area contributed by atoms with E-state index >= 15 is 0 Å². The Morgan fingerprint density at radius 1 is 0.526 bits per heavy atom. The molecule has 12 heteroatoms. The predicted octanol–water partition coefficient (Wildman–Crippen LogP) is 1.22. The van der Waals surface area contributed by atoms with Gasteiger partial charge in [0.15, 0.2) is 0 Å². The molecule has 2 amide bonds. The van der Waals surface area contributed by atoms with Gasteiger partial charge >= 0.3 is 11.9 Å². The molecule has 220 valence electrons. The van der Waals surface area contributed by atoms with E-state index in [9.17, 15) is 19.2 Å². The largest absolute Gasteiger partial charge is 0.481 e. The van der Waals surface area contributed by atoms with Crippen LogP contribution in [0.15, 0.2) is 0 Å². The maximum absolute atomic E-state index is 12.9. The highest BCUT2D eigenvalue weighted by molar-refractivity contribution is 5.80. The second kappa shape index (κ2) is 18.9. The smallest absolute Gasteiger partial charge is 0.306 e. The van der Waals surface area contributed by atoms with Gasteiger partial charge in [0.1, 0.15) is 0 Å². The molecule has 1 heterocycles. The van der Waals surface area contributed by atoms with E-state index in [1.54, 1.807) is 37.5 Å². The number of nitrogens with zero attached hydrogens (tertiary/aromatic N) is 2. The zero-order valence-corrected chi connectivity index (χ0v) is 23.3. The summed E-state index contributed by atoms with van der Waals surface area (Å²) in [7, 11) is 0. The highest BCUT2D eigenvalue weighted by Gasteiger charge is 2.26. The quantitative estimate of drug-likeness (QED) is 0.454. The molecule has 0 aromatic rings. The van der Waals surface area contributed by atoms with Crippen molar-refractivity contribution in [3.63, 3.8) is 0 Å². The van der Waals surface area contributed by atoms with E-state index in [1.165, 1.54) is 0 Å². The standard InChI is InChI=1S/C26H46N2O10/c1-19(17-21(3)25(31)32)23(29)27-5-9-35-13-15-37-11-7-28(8-12-38-16-14-36-10-6-27)24(30)20(2)18-22(4)26(33)34/h19-22H,5-18H2,1-4H3,(H,31,32)(H,33,34)/t19-,20+,21-,22-/m1/s1. The van der Waals surface area contributed by atoms with Crippen molar-refractivity contribution in [1.29, 1.82) is 0 Å². The molecular formula is C26H46N2O10. The molecular weight excluding hydrogens is 500 g/mol. The first-order valence-corrected chi connectivity index (χ1v) is 13.4. The first-order chi connectivity index (χ1) is 18.0. The summed E-state index contributed by atoms with van der Waals surface area (Å²) in [6, 6.07) is 0. The molecule has 12 nitrogen and oxygen atoms in total. The Morgan fingerprint density at radius 2 is 0.789 bits per heavy atom. The van der Waals surface area contributed by atoms with Crippen molar-refractivity contribution in [3.05, 3.63) is 0 Å². The lowest BCUT2D eigenvalue weighted by atomic mass is 9.96. The van der Waals surface area contributed by atoms with Gasteiger partial charge in [-0.2, -0.15) is 0 Å². The van der Waals surface area contributed by atoms with Crippen molar-refractivity contribution in [2.24, 2.45) is 23.7 Å². The fourth-order valence-electron chi connectivity index (χ4n) is 4.09. The van der Waals surface area contributed by atoms with Crippen LogP contribution in [0, 0.1) is 23.7 Å². The van der Waals surface area contributed by atoms with Crippen LogP contribution in [0.4, 0.5) is 0 Å². The number of carbonyl (C=O) groups is 4. The van der Waals surface area contributed by atoms with Crippen LogP contribution in [0.3, 0.4) is 0 Å². The number of carboxylic acid groups (broad SMARTS) is 2. The Morgan fingerprint density at radius 3 is 1.03 bits per heavy atom. The summed E-state index contributed by atoms with van der Waals surface area (Å²) in [5.41, 5.74) is 0. The van der Waals surface area contributed by atoms with Crippen LogP contribution in [0.2, 0.25) is 0 Å². The molecule has 0 aliphatic carbocycles. The monoisotopic (exact) mass is 546 g/mol. The molecule has 0 aromatic carbocycles. The molecule has 4 atom stereocenters. The zero-order chi connectivity index (χ0) is 28.5. The molecule has 0 unspecified atom stereocenters. The summed E-state index contributed by atoms with van der Waals surface area (Å²) in [4.78, 5) is 51.4. The molecule has 0 saturated carbocycles. The minimum absolute atomic E-state index is 0.135. The van der Waals surface area contributed by atoms with E-state index in [-0.39, 0.29) is 24.7 Å². The summed E-state index contributed by atoms with van der Waals surface area (Å²) in [5.74, 6) is -4.22. The maximum Gasteiger partial charge on any atom is 0.306 e. The number of rotatable bonds is 8. The lowest BCUT2D eigenvalue weighted by molar-refractivity contribution is -0.145. The van der Waals surface area contributed by atoms with Crippen LogP contribution in [0.5, 0.6) is 0 Å². The second-order valence-corrected chi connectivity index (χ2v) is 9.85. The van der Waals surface area contributed by atoms with Crippen molar-refractivity contribution in [2.45, 2.75) is 40.5 Å². The summed E-state index contributed by atoms with van der Waals surface area (Å²) < 4.78 is 22.5. The number of ether oxygens (including phenoxy) is 4. The maximum atomic E-state index is 12.9. The molecule has 0 bridgehead atoms. The number of aliphatic carboxylic acids is 2. The fraction of sp³-hybridized carbons (Fsp3) is 0.846. The third-order valence-corrected chi connectivity index (χ3v) is 6.49. The number of hydrogen-bond acceptors (Lipinski definition) is 8. The third kappa shape index (κ3) is 13.5. The Labute approximate surface area is 225 Å². The van der Waals surface area contributed by atoms with Gasteiger partial charge in [-0.3, -0.25) is 19.2 Å². The van der Waals surface area contributed by atoms with E-state index in [1.807, 2.05) is 0 Å². The summed E-state index contributed by atoms with van der Waals surface area (Å²) >= 11 is 0. The molecule has 1 rings (SSSR count). The van der Waals surface area contributed by atoms with Gasteiger partial charge < -0.3 is 39.0 Å². The van der Waals surface area contributed by atoms with Crippen LogP contribution in [0.1, 0.15) is 40.5 Å². The molecule has 0 aromatic heterocycles. The molecule has 1 aliphatic heterocycles. The van der Waals surface area contributed by atoms with Crippen molar-refractivity contribution >= 4 is 23.8 Å². The highest BCUT2D eigenvalue weighted by atomic mass is 16.5. The highest BCUT2D eigenvalue weighted by Crippen LogP contribution is 2.16. The van der Waals surface area contributed by atoms with Gasteiger partial charge in [-0.05, 0) is 12.8 Å².